The number of nitro benzene ring substituents is 1. The maximum absolute atomic E-state index is 12.2. The Morgan fingerprint density at radius 2 is 1.78 bits per heavy atom. The number of hydrogen-bond donors (Lipinski definition) is 2. The van der Waals surface area contributed by atoms with E-state index in [0.29, 0.717) is 0 Å². The molecule has 0 unspecified atom stereocenters. The number of rotatable bonds is 7. The molecule has 7 heteroatoms. The maximum Gasteiger partial charge on any atom is 0.292 e. The number of benzene rings is 2. The number of nitrogens with one attached hydrogen (secondary N) is 1. The Balaban J connectivity index is 2.10. The molecule has 0 fully saturated rings. The Morgan fingerprint density at radius 1 is 1.13 bits per heavy atom. The minimum atomic E-state index is -0.543. The number of carbonyl (C=O) groups is 1. The maximum atomic E-state index is 12.2. The number of hydrogen-bond acceptors (Lipinski definition) is 5. The smallest absolute Gasteiger partial charge is 0.292 e. The summed E-state index contributed by atoms with van der Waals surface area (Å²) in [7, 11) is 0. The topological polar surface area (TPSA) is 95.7 Å². The van der Waals surface area contributed by atoms with Crippen LogP contribution in [0.5, 0.6) is 0 Å². The van der Waals surface area contributed by atoms with Gasteiger partial charge in [0.15, 0.2) is 0 Å². The van der Waals surface area contributed by atoms with Gasteiger partial charge in [-0.3, -0.25) is 14.9 Å². The third-order valence-corrected chi connectivity index (χ3v) is 3.20. The highest BCUT2D eigenvalue weighted by Crippen LogP contribution is 2.23. The van der Waals surface area contributed by atoms with E-state index in [2.05, 4.69) is 5.32 Å². The summed E-state index contributed by atoms with van der Waals surface area (Å²) < 4.78 is 0. The Hall–Kier alpha value is -2.93. The molecule has 0 aliphatic carbocycles. The molecule has 0 spiro atoms. The van der Waals surface area contributed by atoms with Crippen LogP contribution in [-0.4, -0.2) is 35.6 Å². The fraction of sp³-hybridized carbons (Fsp3) is 0.188. The molecular weight excluding hydrogens is 298 g/mol. The van der Waals surface area contributed by atoms with E-state index in [1.165, 1.54) is 18.2 Å². The largest absolute Gasteiger partial charge is 0.395 e. The lowest BCUT2D eigenvalue weighted by atomic mass is 10.2. The van der Waals surface area contributed by atoms with Gasteiger partial charge in [0.05, 0.1) is 18.1 Å². The van der Waals surface area contributed by atoms with Crippen LogP contribution in [0.2, 0.25) is 0 Å². The molecule has 0 heterocycles. The SMILES string of the molecule is O=C(CN(CCO)c1ccccc1)Nc1ccccc1[N+](=O)[O-]. The predicted molar refractivity (Wildman–Crippen MR) is 87.5 cm³/mol. The zero-order chi connectivity index (χ0) is 16.7. The molecule has 0 aromatic heterocycles. The van der Waals surface area contributed by atoms with Gasteiger partial charge in [0.1, 0.15) is 5.69 Å². The van der Waals surface area contributed by atoms with Gasteiger partial charge in [-0.05, 0) is 18.2 Å². The fourth-order valence-corrected chi connectivity index (χ4v) is 2.16. The highest BCUT2D eigenvalue weighted by atomic mass is 16.6. The van der Waals surface area contributed by atoms with Crippen LogP contribution in [0, 0.1) is 10.1 Å². The van der Waals surface area contributed by atoms with Crippen molar-refractivity contribution in [3.8, 4) is 0 Å². The van der Waals surface area contributed by atoms with Crippen molar-refractivity contribution < 1.29 is 14.8 Å². The van der Waals surface area contributed by atoms with E-state index < -0.39 is 10.8 Å². The number of aliphatic hydroxyl groups is 1. The first-order valence-electron chi connectivity index (χ1n) is 7.06. The van der Waals surface area contributed by atoms with Crippen molar-refractivity contribution in [3.05, 3.63) is 64.7 Å². The second-order valence-electron chi connectivity index (χ2n) is 4.80. The van der Waals surface area contributed by atoms with Crippen molar-refractivity contribution >= 4 is 23.0 Å². The van der Waals surface area contributed by atoms with Crippen LogP contribution in [0.3, 0.4) is 0 Å². The second-order valence-corrected chi connectivity index (χ2v) is 4.80. The van der Waals surface area contributed by atoms with Crippen molar-refractivity contribution in [1.29, 1.82) is 0 Å². The number of aliphatic hydroxyl groups excluding tert-OH is 1. The van der Waals surface area contributed by atoms with Crippen LogP contribution in [0.25, 0.3) is 0 Å². The van der Waals surface area contributed by atoms with E-state index in [4.69, 9.17) is 5.11 Å². The molecule has 2 rings (SSSR count). The lowest BCUT2D eigenvalue weighted by Gasteiger charge is -2.23. The molecule has 0 radical (unpaired) electrons. The van der Waals surface area contributed by atoms with Gasteiger partial charge in [-0.25, -0.2) is 0 Å². The van der Waals surface area contributed by atoms with Crippen LogP contribution < -0.4 is 10.2 Å². The molecule has 0 saturated heterocycles. The Labute approximate surface area is 133 Å². The summed E-state index contributed by atoms with van der Waals surface area (Å²) in [6, 6.07) is 15.1. The molecule has 7 nitrogen and oxygen atoms in total. The summed E-state index contributed by atoms with van der Waals surface area (Å²) in [5, 5.41) is 22.7. The lowest BCUT2D eigenvalue weighted by molar-refractivity contribution is -0.383. The molecule has 23 heavy (non-hydrogen) atoms. The van der Waals surface area contributed by atoms with Crippen LogP contribution in [0.1, 0.15) is 0 Å². The first-order chi connectivity index (χ1) is 11.1. The van der Waals surface area contributed by atoms with E-state index in [1.54, 1.807) is 11.0 Å². The number of para-hydroxylation sites is 3. The Bertz CT molecular complexity index is 676. The predicted octanol–water partition coefficient (Wildman–Crippen LogP) is 2.03. The van der Waals surface area contributed by atoms with E-state index >= 15 is 0 Å². The van der Waals surface area contributed by atoms with Gasteiger partial charge >= 0.3 is 0 Å². The zero-order valence-corrected chi connectivity index (χ0v) is 12.4. The molecule has 2 aromatic rings. The molecule has 0 aliphatic rings. The highest BCUT2D eigenvalue weighted by molar-refractivity contribution is 5.96. The molecule has 2 N–H and O–H groups in total. The van der Waals surface area contributed by atoms with Crippen LogP contribution in [-0.2, 0) is 4.79 Å². The van der Waals surface area contributed by atoms with Gasteiger partial charge in [-0.15, -0.1) is 0 Å². The number of nitrogens with zero attached hydrogens (tertiary/aromatic N) is 2. The standard InChI is InChI=1S/C16H17N3O4/c20-11-10-18(13-6-2-1-3-7-13)12-16(21)17-14-8-4-5-9-15(14)19(22)23/h1-9,20H,10-12H2,(H,17,21). The quantitative estimate of drug-likeness (QED) is 0.602. The fourth-order valence-electron chi connectivity index (χ4n) is 2.16. The van der Waals surface area contributed by atoms with Crippen molar-refractivity contribution in [3.63, 3.8) is 0 Å². The minimum absolute atomic E-state index is 0.0172. The monoisotopic (exact) mass is 315 g/mol. The summed E-state index contributed by atoms with van der Waals surface area (Å²) >= 11 is 0. The van der Waals surface area contributed by atoms with Gasteiger partial charge in [-0.2, -0.15) is 0 Å². The van der Waals surface area contributed by atoms with Gasteiger partial charge in [0.25, 0.3) is 5.69 Å². The van der Waals surface area contributed by atoms with Crippen LogP contribution >= 0.6 is 0 Å². The summed E-state index contributed by atoms with van der Waals surface area (Å²) in [5.74, 6) is -0.392. The van der Waals surface area contributed by atoms with Crippen LogP contribution in [0.15, 0.2) is 54.6 Å². The number of amides is 1. The minimum Gasteiger partial charge on any atom is -0.395 e. The molecule has 0 bridgehead atoms. The van der Waals surface area contributed by atoms with E-state index in [1.807, 2.05) is 30.3 Å². The molecule has 120 valence electrons. The Morgan fingerprint density at radius 3 is 2.43 bits per heavy atom. The van der Waals surface area contributed by atoms with Crippen molar-refractivity contribution in [1.82, 2.24) is 0 Å². The average Bonchev–Trinajstić information content (AvgIpc) is 2.55. The number of nitro groups is 1. The number of anilines is 2. The van der Waals surface area contributed by atoms with Gasteiger partial charge < -0.3 is 15.3 Å². The lowest BCUT2D eigenvalue weighted by Crippen LogP contribution is -2.35. The molecule has 1 amide bonds. The summed E-state index contributed by atoms with van der Waals surface area (Å²) in [4.78, 5) is 24.3. The summed E-state index contributed by atoms with van der Waals surface area (Å²) in [6.45, 7) is 0.165. The third kappa shape index (κ3) is 4.52. The van der Waals surface area contributed by atoms with Crippen molar-refractivity contribution in [2.24, 2.45) is 0 Å². The average molecular weight is 315 g/mol. The molecular formula is C16H17N3O4. The molecule has 0 aliphatic heterocycles. The molecule has 0 saturated carbocycles. The van der Waals surface area contributed by atoms with E-state index in [9.17, 15) is 14.9 Å². The second kappa shape index (κ2) is 7.90. The van der Waals surface area contributed by atoms with Gasteiger partial charge in [0.2, 0.25) is 5.91 Å². The Kier molecular flexibility index (Phi) is 5.65. The highest BCUT2D eigenvalue weighted by Gasteiger charge is 2.16. The van der Waals surface area contributed by atoms with E-state index in [0.717, 1.165) is 5.69 Å². The normalized spacial score (nSPS) is 10.1. The molecule has 2 aromatic carbocycles. The summed E-state index contributed by atoms with van der Waals surface area (Å²) in [5.41, 5.74) is 0.785. The van der Waals surface area contributed by atoms with E-state index in [-0.39, 0.29) is 31.1 Å². The van der Waals surface area contributed by atoms with Gasteiger partial charge in [0, 0.05) is 18.3 Å². The van der Waals surface area contributed by atoms with Crippen molar-refractivity contribution in [2.75, 3.05) is 29.9 Å². The first kappa shape index (κ1) is 16.4. The number of carbonyl (C=O) groups excluding carboxylic acids is 1. The van der Waals surface area contributed by atoms with Crippen LogP contribution in [0.4, 0.5) is 17.1 Å². The summed E-state index contributed by atoms with van der Waals surface area (Å²) in [6.07, 6.45) is 0. The first-order valence-corrected chi connectivity index (χ1v) is 7.06. The zero-order valence-electron chi connectivity index (χ0n) is 12.4. The van der Waals surface area contributed by atoms with Gasteiger partial charge in [-0.1, -0.05) is 30.3 Å². The molecule has 0 atom stereocenters. The third-order valence-electron chi connectivity index (χ3n) is 3.20. The van der Waals surface area contributed by atoms with Crippen molar-refractivity contribution in [2.45, 2.75) is 0 Å².